The molecule has 70 valence electrons. The zero-order valence-corrected chi connectivity index (χ0v) is 7.04. The molecule has 0 saturated heterocycles. The number of pyridine rings is 1. The van der Waals surface area contributed by atoms with E-state index < -0.39 is 5.97 Å². The molecular formula is C9H6N2O3. The number of rotatable bonds is 2. The number of oxazole rings is 1. The Kier molecular flexibility index (Phi) is 1.98. The molecule has 0 saturated carbocycles. The predicted octanol–water partition coefficient (Wildman–Crippen LogP) is 1.43. The van der Waals surface area contributed by atoms with Crippen LogP contribution in [0.1, 0.15) is 10.4 Å². The first-order valence-corrected chi connectivity index (χ1v) is 3.85. The van der Waals surface area contributed by atoms with Crippen molar-refractivity contribution in [2.24, 2.45) is 0 Å². The second-order valence-corrected chi connectivity index (χ2v) is 2.61. The van der Waals surface area contributed by atoms with Crippen molar-refractivity contribution in [3.8, 4) is 11.4 Å². The number of aromatic nitrogens is 2. The number of carboxylic acids is 1. The van der Waals surface area contributed by atoms with Gasteiger partial charge in [0, 0.05) is 6.20 Å². The van der Waals surface area contributed by atoms with Gasteiger partial charge < -0.3 is 9.52 Å². The fraction of sp³-hybridized carbons (Fsp3) is 0. The van der Waals surface area contributed by atoms with Crippen LogP contribution >= 0.6 is 0 Å². The Labute approximate surface area is 79.0 Å². The van der Waals surface area contributed by atoms with Gasteiger partial charge in [-0.05, 0) is 12.1 Å². The Morgan fingerprint density at radius 3 is 2.86 bits per heavy atom. The van der Waals surface area contributed by atoms with E-state index in [0.717, 1.165) is 0 Å². The van der Waals surface area contributed by atoms with Gasteiger partial charge in [0.15, 0.2) is 6.39 Å². The first-order chi connectivity index (χ1) is 6.77. The van der Waals surface area contributed by atoms with Crippen molar-refractivity contribution in [3.05, 3.63) is 36.5 Å². The van der Waals surface area contributed by atoms with Crippen LogP contribution in [0.15, 0.2) is 35.4 Å². The Morgan fingerprint density at radius 2 is 2.21 bits per heavy atom. The van der Waals surface area contributed by atoms with Gasteiger partial charge in [-0.25, -0.2) is 9.78 Å². The lowest BCUT2D eigenvalue weighted by molar-refractivity contribution is 0.0697. The quantitative estimate of drug-likeness (QED) is 0.775. The molecule has 2 aromatic rings. The third-order valence-electron chi connectivity index (χ3n) is 1.70. The van der Waals surface area contributed by atoms with Crippen LogP contribution in [0, 0.1) is 0 Å². The van der Waals surface area contributed by atoms with Crippen LogP contribution in [0.25, 0.3) is 11.4 Å². The van der Waals surface area contributed by atoms with Gasteiger partial charge >= 0.3 is 5.97 Å². The van der Waals surface area contributed by atoms with Crippen LogP contribution in [0.5, 0.6) is 0 Å². The summed E-state index contributed by atoms with van der Waals surface area (Å²) in [4.78, 5) is 18.5. The molecule has 5 nitrogen and oxygen atoms in total. The molecule has 2 aromatic heterocycles. The molecule has 1 N–H and O–H groups in total. The summed E-state index contributed by atoms with van der Waals surface area (Å²) in [6, 6.07) is 2.87. The molecule has 0 aromatic carbocycles. The molecule has 0 bridgehead atoms. The fourth-order valence-electron chi connectivity index (χ4n) is 1.04. The zero-order chi connectivity index (χ0) is 9.97. The molecule has 0 atom stereocenters. The molecule has 0 amide bonds. The van der Waals surface area contributed by atoms with E-state index in [1.165, 1.54) is 31.0 Å². The number of hydrogen-bond acceptors (Lipinski definition) is 4. The minimum Gasteiger partial charge on any atom is -0.478 e. The van der Waals surface area contributed by atoms with E-state index in [1.54, 1.807) is 0 Å². The van der Waals surface area contributed by atoms with Gasteiger partial charge in [-0.3, -0.25) is 4.98 Å². The van der Waals surface area contributed by atoms with E-state index >= 15 is 0 Å². The Bertz CT molecular complexity index is 451. The molecule has 0 aliphatic heterocycles. The lowest BCUT2D eigenvalue weighted by Crippen LogP contribution is -1.97. The van der Waals surface area contributed by atoms with Gasteiger partial charge in [-0.2, -0.15) is 0 Å². The maximum absolute atomic E-state index is 10.7. The second-order valence-electron chi connectivity index (χ2n) is 2.61. The van der Waals surface area contributed by atoms with Crippen molar-refractivity contribution in [2.75, 3.05) is 0 Å². The van der Waals surface area contributed by atoms with Crippen LogP contribution < -0.4 is 0 Å². The second kappa shape index (κ2) is 3.29. The van der Waals surface area contributed by atoms with Crippen molar-refractivity contribution < 1.29 is 14.3 Å². The molecule has 14 heavy (non-hydrogen) atoms. The van der Waals surface area contributed by atoms with Crippen molar-refractivity contribution in [3.63, 3.8) is 0 Å². The summed E-state index contributed by atoms with van der Waals surface area (Å²) in [5, 5.41) is 8.74. The summed E-state index contributed by atoms with van der Waals surface area (Å²) in [6.07, 6.45) is 4.10. The first kappa shape index (κ1) is 8.43. The van der Waals surface area contributed by atoms with Crippen molar-refractivity contribution in [2.45, 2.75) is 0 Å². The van der Waals surface area contributed by atoms with E-state index in [9.17, 15) is 4.79 Å². The number of nitrogens with zero attached hydrogens (tertiary/aromatic N) is 2. The third kappa shape index (κ3) is 1.47. The van der Waals surface area contributed by atoms with Crippen LogP contribution in [-0.2, 0) is 0 Å². The topological polar surface area (TPSA) is 76.2 Å². The van der Waals surface area contributed by atoms with Gasteiger partial charge in [-0.1, -0.05) is 0 Å². The number of carboxylic acid groups (broad SMARTS) is 1. The molecule has 0 radical (unpaired) electrons. The summed E-state index contributed by atoms with van der Waals surface area (Å²) < 4.78 is 4.77. The minimum atomic E-state index is -0.989. The normalized spacial score (nSPS) is 10.0. The third-order valence-corrected chi connectivity index (χ3v) is 1.70. The van der Waals surface area contributed by atoms with E-state index in [2.05, 4.69) is 9.97 Å². The lowest BCUT2D eigenvalue weighted by Gasteiger charge is -1.96. The molecule has 2 rings (SSSR count). The molecular weight excluding hydrogens is 184 g/mol. The highest BCUT2D eigenvalue weighted by molar-refractivity contribution is 5.88. The average Bonchev–Trinajstić information content (AvgIpc) is 2.71. The molecule has 0 spiro atoms. The summed E-state index contributed by atoms with van der Waals surface area (Å²) in [5.74, 6) is -0.989. The van der Waals surface area contributed by atoms with Crippen LogP contribution in [0.3, 0.4) is 0 Å². The van der Waals surface area contributed by atoms with E-state index in [1.807, 2.05) is 0 Å². The maximum atomic E-state index is 10.7. The van der Waals surface area contributed by atoms with Crippen molar-refractivity contribution >= 4 is 5.97 Å². The smallest absolute Gasteiger partial charge is 0.335 e. The van der Waals surface area contributed by atoms with Gasteiger partial charge in [-0.15, -0.1) is 0 Å². The maximum Gasteiger partial charge on any atom is 0.335 e. The highest BCUT2D eigenvalue weighted by Gasteiger charge is 2.07. The Hall–Kier alpha value is -2.17. The molecule has 0 unspecified atom stereocenters. The van der Waals surface area contributed by atoms with Gasteiger partial charge in [0.25, 0.3) is 0 Å². The van der Waals surface area contributed by atoms with Crippen molar-refractivity contribution in [1.82, 2.24) is 9.97 Å². The van der Waals surface area contributed by atoms with Crippen LogP contribution in [-0.4, -0.2) is 21.0 Å². The van der Waals surface area contributed by atoms with Gasteiger partial charge in [0.05, 0.1) is 11.3 Å². The summed E-state index contributed by atoms with van der Waals surface area (Å²) >= 11 is 0. The largest absolute Gasteiger partial charge is 0.478 e. The summed E-state index contributed by atoms with van der Waals surface area (Å²) in [7, 11) is 0. The van der Waals surface area contributed by atoms with Gasteiger partial charge in [0.1, 0.15) is 12.0 Å². The van der Waals surface area contributed by atoms with E-state index in [-0.39, 0.29) is 5.56 Å². The minimum absolute atomic E-state index is 0.179. The van der Waals surface area contributed by atoms with Crippen LogP contribution in [0.2, 0.25) is 0 Å². The molecule has 0 aliphatic carbocycles. The molecule has 2 heterocycles. The number of carbonyl (C=O) groups is 1. The van der Waals surface area contributed by atoms with Crippen molar-refractivity contribution in [1.29, 1.82) is 0 Å². The Morgan fingerprint density at radius 1 is 1.36 bits per heavy atom. The SMILES string of the molecule is O=C(O)c1ccnc(-c2cocn2)c1. The van der Waals surface area contributed by atoms with Gasteiger partial charge in [0.2, 0.25) is 0 Å². The lowest BCUT2D eigenvalue weighted by atomic mass is 10.2. The zero-order valence-electron chi connectivity index (χ0n) is 7.04. The molecule has 0 aliphatic rings. The number of hydrogen-bond donors (Lipinski definition) is 1. The Balaban J connectivity index is 2.46. The predicted molar refractivity (Wildman–Crippen MR) is 46.7 cm³/mol. The fourth-order valence-corrected chi connectivity index (χ4v) is 1.04. The molecule has 5 heteroatoms. The standard InChI is InChI=1S/C9H6N2O3/c12-9(13)6-1-2-10-7(3-6)8-4-14-5-11-8/h1-5H,(H,12,13). The summed E-state index contributed by atoms with van der Waals surface area (Å²) in [5.41, 5.74) is 1.18. The first-order valence-electron chi connectivity index (χ1n) is 3.85. The highest BCUT2D eigenvalue weighted by Crippen LogP contribution is 2.14. The van der Waals surface area contributed by atoms with E-state index in [0.29, 0.717) is 11.4 Å². The van der Waals surface area contributed by atoms with Crippen LogP contribution in [0.4, 0.5) is 0 Å². The average molecular weight is 190 g/mol. The number of aromatic carboxylic acids is 1. The summed E-state index contributed by atoms with van der Waals surface area (Å²) in [6.45, 7) is 0. The molecule has 0 fully saturated rings. The van der Waals surface area contributed by atoms with E-state index in [4.69, 9.17) is 9.52 Å². The highest BCUT2D eigenvalue weighted by atomic mass is 16.4. The monoisotopic (exact) mass is 190 g/mol.